The van der Waals surface area contributed by atoms with Gasteiger partial charge in [-0.3, -0.25) is 4.79 Å². The first kappa shape index (κ1) is 16.1. The highest BCUT2D eigenvalue weighted by Crippen LogP contribution is 2.30. The molecule has 2 aliphatic rings. The van der Waals surface area contributed by atoms with Crippen molar-refractivity contribution in [1.82, 2.24) is 9.88 Å². The van der Waals surface area contributed by atoms with E-state index in [9.17, 15) is 18.0 Å². The summed E-state index contributed by atoms with van der Waals surface area (Å²) in [6, 6.07) is 3.96. The number of hydrogen-bond donors (Lipinski definition) is 0. The molecule has 126 valence electrons. The number of anilines is 1. The summed E-state index contributed by atoms with van der Waals surface area (Å²) < 4.78 is 38.4. The Hall–Kier alpha value is -1.79. The predicted molar refractivity (Wildman–Crippen MR) is 80.0 cm³/mol. The third kappa shape index (κ3) is 3.59. The first-order valence-electron chi connectivity index (χ1n) is 8.03. The molecule has 1 aliphatic carbocycles. The third-order valence-corrected chi connectivity index (χ3v) is 4.61. The van der Waals surface area contributed by atoms with Gasteiger partial charge >= 0.3 is 6.18 Å². The Kier molecular flexibility index (Phi) is 4.46. The van der Waals surface area contributed by atoms with E-state index in [1.54, 1.807) is 6.07 Å². The van der Waals surface area contributed by atoms with Gasteiger partial charge in [0.15, 0.2) is 0 Å². The average molecular weight is 327 g/mol. The third-order valence-electron chi connectivity index (χ3n) is 4.61. The predicted octanol–water partition coefficient (Wildman–Crippen LogP) is 2.94. The number of carbonyl (C=O) groups is 1. The Morgan fingerprint density at radius 2 is 1.87 bits per heavy atom. The number of rotatable bonds is 2. The van der Waals surface area contributed by atoms with Crippen LogP contribution in [0.5, 0.6) is 0 Å². The van der Waals surface area contributed by atoms with Crippen molar-refractivity contribution in [3.05, 3.63) is 23.9 Å². The standard InChI is InChI=1S/C16H20F3N3O/c17-16(18,19)13-6-2-7-14(20-13)21-8-3-9-22(11-10-21)15(23)12-4-1-5-12/h2,6-7,12H,1,3-5,8-11H2. The molecule has 7 heteroatoms. The van der Waals surface area contributed by atoms with E-state index in [-0.39, 0.29) is 11.8 Å². The summed E-state index contributed by atoms with van der Waals surface area (Å²) in [5.41, 5.74) is -0.873. The monoisotopic (exact) mass is 327 g/mol. The van der Waals surface area contributed by atoms with Crippen molar-refractivity contribution in [2.75, 3.05) is 31.1 Å². The molecule has 0 radical (unpaired) electrons. The van der Waals surface area contributed by atoms with E-state index in [4.69, 9.17) is 0 Å². The Morgan fingerprint density at radius 1 is 1.09 bits per heavy atom. The van der Waals surface area contributed by atoms with Gasteiger partial charge in [-0.05, 0) is 31.4 Å². The Balaban J connectivity index is 1.67. The van der Waals surface area contributed by atoms with Gasteiger partial charge in [-0.25, -0.2) is 4.98 Å². The van der Waals surface area contributed by atoms with Crippen LogP contribution in [0.1, 0.15) is 31.4 Å². The number of hydrogen-bond acceptors (Lipinski definition) is 3. The highest BCUT2D eigenvalue weighted by atomic mass is 19.4. The van der Waals surface area contributed by atoms with Gasteiger partial charge < -0.3 is 9.80 Å². The number of alkyl halides is 3. The second kappa shape index (κ2) is 6.37. The minimum absolute atomic E-state index is 0.160. The van der Waals surface area contributed by atoms with Crippen molar-refractivity contribution >= 4 is 11.7 Å². The number of halogens is 3. The Bertz CT molecular complexity index is 572. The molecule has 0 unspecified atom stereocenters. The topological polar surface area (TPSA) is 36.4 Å². The van der Waals surface area contributed by atoms with Crippen molar-refractivity contribution in [1.29, 1.82) is 0 Å². The van der Waals surface area contributed by atoms with Gasteiger partial charge in [0, 0.05) is 32.1 Å². The first-order chi connectivity index (χ1) is 10.9. The fourth-order valence-electron chi connectivity index (χ4n) is 3.04. The number of pyridine rings is 1. The van der Waals surface area contributed by atoms with E-state index >= 15 is 0 Å². The van der Waals surface area contributed by atoms with E-state index in [0.717, 1.165) is 31.7 Å². The summed E-state index contributed by atoms with van der Waals surface area (Å²) in [5, 5.41) is 0. The van der Waals surface area contributed by atoms with Crippen molar-refractivity contribution in [2.45, 2.75) is 31.9 Å². The van der Waals surface area contributed by atoms with Crippen LogP contribution in [0.4, 0.5) is 19.0 Å². The van der Waals surface area contributed by atoms with Gasteiger partial charge in [0.2, 0.25) is 5.91 Å². The largest absolute Gasteiger partial charge is 0.433 e. The van der Waals surface area contributed by atoms with Crippen LogP contribution in [0.25, 0.3) is 0 Å². The second-order valence-electron chi connectivity index (χ2n) is 6.17. The summed E-state index contributed by atoms with van der Waals surface area (Å²) in [7, 11) is 0. The molecule has 1 aliphatic heterocycles. The molecule has 1 saturated carbocycles. The zero-order valence-corrected chi connectivity index (χ0v) is 12.9. The van der Waals surface area contributed by atoms with Crippen molar-refractivity contribution < 1.29 is 18.0 Å². The molecule has 0 N–H and O–H groups in total. The molecule has 0 aromatic carbocycles. The van der Waals surface area contributed by atoms with Crippen LogP contribution >= 0.6 is 0 Å². The van der Waals surface area contributed by atoms with Gasteiger partial charge in [0.1, 0.15) is 11.5 Å². The van der Waals surface area contributed by atoms with E-state index < -0.39 is 11.9 Å². The van der Waals surface area contributed by atoms with Crippen LogP contribution in [0, 0.1) is 5.92 Å². The fraction of sp³-hybridized carbons (Fsp3) is 0.625. The summed E-state index contributed by atoms with van der Waals surface area (Å²) in [6.07, 6.45) is -0.641. The summed E-state index contributed by atoms with van der Waals surface area (Å²) in [6.45, 7) is 2.35. The highest BCUT2D eigenvalue weighted by Gasteiger charge is 2.33. The zero-order valence-electron chi connectivity index (χ0n) is 12.9. The van der Waals surface area contributed by atoms with Crippen molar-refractivity contribution in [3.63, 3.8) is 0 Å². The summed E-state index contributed by atoms with van der Waals surface area (Å²) in [5.74, 6) is 0.695. The van der Waals surface area contributed by atoms with Crippen LogP contribution < -0.4 is 4.90 Å². The fourth-order valence-corrected chi connectivity index (χ4v) is 3.04. The molecule has 1 aromatic heterocycles. The van der Waals surface area contributed by atoms with Gasteiger partial charge in [-0.2, -0.15) is 13.2 Å². The van der Waals surface area contributed by atoms with E-state index in [1.807, 2.05) is 9.80 Å². The summed E-state index contributed by atoms with van der Waals surface area (Å²) >= 11 is 0. The second-order valence-corrected chi connectivity index (χ2v) is 6.17. The molecule has 0 spiro atoms. The zero-order chi connectivity index (χ0) is 16.4. The molecule has 0 bridgehead atoms. The lowest BCUT2D eigenvalue weighted by Gasteiger charge is -2.31. The maximum Gasteiger partial charge on any atom is 0.433 e. The Labute approximate surface area is 133 Å². The smallest absolute Gasteiger partial charge is 0.355 e. The number of nitrogens with zero attached hydrogens (tertiary/aromatic N) is 3. The number of aromatic nitrogens is 1. The van der Waals surface area contributed by atoms with Crippen LogP contribution in [0.3, 0.4) is 0 Å². The van der Waals surface area contributed by atoms with Crippen LogP contribution in [0.15, 0.2) is 18.2 Å². The molecule has 1 aromatic rings. The Morgan fingerprint density at radius 3 is 2.52 bits per heavy atom. The van der Waals surface area contributed by atoms with Crippen LogP contribution in [-0.4, -0.2) is 42.0 Å². The van der Waals surface area contributed by atoms with Crippen LogP contribution in [0.2, 0.25) is 0 Å². The van der Waals surface area contributed by atoms with E-state index in [2.05, 4.69) is 4.98 Å². The van der Waals surface area contributed by atoms with Gasteiger partial charge in [0.05, 0.1) is 0 Å². The van der Waals surface area contributed by atoms with E-state index in [1.165, 1.54) is 6.07 Å². The molecule has 4 nitrogen and oxygen atoms in total. The molecule has 3 rings (SSSR count). The lowest BCUT2D eigenvalue weighted by molar-refractivity contribution is -0.141. The van der Waals surface area contributed by atoms with Gasteiger partial charge in [-0.15, -0.1) is 0 Å². The quantitative estimate of drug-likeness (QED) is 0.838. The average Bonchev–Trinajstić information content (AvgIpc) is 2.70. The molecule has 2 heterocycles. The lowest BCUT2D eigenvalue weighted by atomic mass is 9.84. The molecule has 1 amide bonds. The molecule has 23 heavy (non-hydrogen) atoms. The molecule has 1 saturated heterocycles. The number of carbonyl (C=O) groups excluding carboxylic acids is 1. The lowest BCUT2D eigenvalue weighted by Crippen LogP contribution is -2.41. The minimum atomic E-state index is -4.44. The summed E-state index contributed by atoms with van der Waals surface area (Å²) in [4.78, 5) is 19.7. The van der Waals surface area contributed by atoms with Gasteiger partial charge in [0.25, 0.3) is 0 Å². The van der Waals surface area contributed by atoms with Crippen LogP contribution in [-0.2, 0) is 11.0 Å². The highest BCUT2D eigenvalue weighted by molar-refractivity contribution is 5.79. The normalized spacial score (nSPS) is 20.1. The van der Waals surface area contributed by atoms with Crippen molar-refractivity contribution in [3.8, 4) is 0 Å². The SMILES string of the molecule is O=C(C1CCC1)N1CCCN(c2cccc(C(F)(F)F)n2)CC1. The van der Waals surface area contributed by atoms with Gasteiger partial charge in [-0.1, -0.05) is 12.5 Å². The maximum absolute atomic E-state index is 12.8. The first-order valence-corrected chi connectivity index (χ1v) is 8.03. The number of amides is 1. The minimum Gasteiger partial charge on any atom is -0.355 e. The van der Waals surface area contributed by atoms with Crippen molar-refractivity contribution in [2.24, 2.45) is 5.92 Å². The molecule has 0 atom stereocenters. The van der Waals surface area contributed by atoms with E-state index in [0.29, 0.717) is 32.0 Å². The molecular weight excluding hydrogens is 307 g/mol. The molecule has 2 fully saturated rings. The molecular formula is C16H20F3N3O. The maximum atomic E-state index is 12.8.